The Hall–Kier alpha value is -0.100. The van der Waals surface area contributed by atoms with Crippen molar-refractivity contribution in [3.63, 3.8) is 0 Å². The van der Waals surface area contributed by atoms with Crippen LogP contribution in [-0.2, 0) is 19.0 Å². The molecule has 150 valence electrons. The first-order valence-corrected chi connectivity index (χ1v) is 10.5. The summed E-state index contributed by atoms with van der Waals surface area (Å²) in [6, 6.07) is 0. The van der Waals surface area contributed by atoms with E-state index in [2.05, 4.69) is 20.8 Å². The summed E-state index contributed by atoms with van der Waals surface area (Å²) < 4.78 is 16.8. The van der Waals surface area contributed by atoms with Crippen LogP contribution in [0.5, 0.6) is 0 Å². The average molecular weight is 385 g/mol. The lowest BCUT2D eigenvalue weighted by Gasteiger charge is -2.61. The number of hydrogen-bond donors (Lipinski definition) is 1. The number of hydrogen-bond acceptors (Lipinski definition) is 5. The number of rotatable bonds is 4. The van der Waals surface area contributed by atoms with Crippen molar-refractivity contribution in [3.05, 3.63) is 0 Å². The minimum absolute atomic E-state index is 0.00187. The summed E-state index contributed by atoms with van der Waals surface area (Å²) in [5.41, 5.74) is -0.0645. The first-order valence-electron chi connectivity index (χ1n) is 10.0. The van der Waals surface area contributed by atoms with Gasteiger partial charge in [-0.25, -0.2) is 0 Å². The van der Waals surface area contributed by atoms with E-state index in [4.69, 9.17) is 26.8 Å². The van der Waals surface area contributed by atoms with Crippen molar-refractivity contribution in [2.45, 2.75) is 76.8 Å². The number of thiol groups is 1. The van der Waals surface area contributed by atoms with Gasteiger partial charge in [0, 0.05) is 25.6 Å². The molecule has 8 atom stereocenters. The van der Waals surface area contributed by atoms with E-state index >= 15 is 0 Å². The molecular weight excluding hydrogens is 348 g/mol. The van der Waals surface area contributed by atoms with Gasteiger partial charge in [-0.05, 0) is 56.3 Å². The van der Waals surface area contributed by atoms with Crippen LogP contribution >= 0.6 is 12.6 Å². The van der Waals surface area contributed by atoms with E-state index < -0.39 is 4.75 Å². The molecule has 0 aliphatic heterocycles. The van der Waals surface area contributed by atoms with E-state index in [1.807, 2.05) is 14.0 Å². The number of Topliss-reactive ketones (excluding diaryl/α,β-unsaturated/α-hetero) is 1. The zero-order chi connectivity index (χ0) is 19.3. The molecule has 0 aromatic carbocycles. The highest BCUT2D eigenvalue weighted by Gasteiger charge is 2.67. The number of methoxy groups -OCH3 is 2. The van der Waals surface area contributed by atoms with Crippen LogP contribution in [0.15, 0.2) is 0 Å². The highest BCUT2D eigenvalue weighted by Crippen LogP contribution is 2.68. The van der Waals surface area contributed by atoms with Gasteiger partial charge in [0.1, 0.15) is 6.79 Å². The fraction of sp³-hybridized carbons (Fsp3) is 0.952. The van der Waals surface area contributed by atoms with Crippen molar-refractivity contribution in [3.8, 4) is 0 Å². The van der Waals surface area contributed by atoms with E-state index in [1.165, 1.54) is 0 Å². The largest absolute Gasteiger partial charge is 0.381 e. The second kappa shape index (κ2) is 7.06. The van der Waals surface area contributed by atoms with Crippen molar-refractivity contribution in [1.82, 2.24) is 0 Å². The van der Waals surface area contributed by atoms with Crippen molar-refractivity contribution in [2.24, 2.45) is 28.6 Å². The van der Waals surface area contributed by atoms with Gasteiger partial charge in [0.05, 0.1) is 17.0 Å². The SMILES string of the molecule is COCOC1C[C@@](C)(S)C(=O)[C@H](C)C23CC[C@@H](C)[C@]1(C)C2[C@H](OC)CC3. The number of ketones is 1. The maximum Gasteiger partial charge on any atom is 0.151 e. The van der Waals surface area contributed by atoms with Gasteiger partial charge in [-0.2, -0.15) is 12.6 Å². The molecule has 5 heteroatoms. The lowest BCUT2D eigenvalue weighted by Crippen LogP contribution is -2.63. The molecule has 0 spiro atoms. The highest BCUT2D eigenvalue weighted by molar-refractivity contribution is 7.82. The summed E-state index contributed by atoms with van der Waals surface area (Å²) >= 11 is 4.85. The zero-order valence-corrected chi connectivity index (χ0v) is 18.1. The summed E-state index contributed by atoms with van der Waals surface area (Å²) in [6.45, 7) is 9.09. The maximum atomic E-state index is 13.5. The Kier molecular flexibility index (Phi) is 5.60. The molecule has 3 aliphatic carbocycles. The van der Waals surface area contributed by atoms with Gasteiger partial charge in [-0.15, -0.1) is 0 Å². The molecule has 3 rings (SSSR count). The molecule has 3 fully saturated rings. The molecule has 3 saturated carbocycles. The number of carbonyl (C=O) groups excluding carboxylic acids is 1. The first kappa shape index (κ1) is 20.6. The monoisotopic (exact) mass is 384 g/mol. The van der Waals surface area contributed by atoms with Gasteiger partial charge in [0.15, 0.2) is 5.78 Å². The van der Waals surface area contributed by atoms with Crippen LogP contribution in [0.1, 0.15) is 59.8 Å². The lowest BCUT2D eigenvalue weighted by atomic mass is 9.45. The lowest BCUT2D eigenvalue weighted by molar-refractivity contribution is -0.211. The Morgan fingerprint density at radius 1 is 1.15 bits per heavy atom. The third-order valence-electron chi connectivity index (χ3n) is 8.41. The molecule has 0 radical (unpaired) electrons. The highest BCUT2D eigenvalue weighted by atomic mass is 32.1. The van der Waals surface area contributed by atoms with Gasteiger partial charge in [-0.1, -0.05) is 20.8 Å². The normalized spacial score (nSPS) is 51.7. The van der Waals surface area contributed by atoms with Gasteiger partial charge in [0.25, 0.3) is 0 Å². The predicted octanol–water partition coefficient (Wildman–Crippen LogP) is 4.12. The van der Waals surface area contributed by atoms with Crippen LogP contribution in [0.3, 0.4) is 0 Å². The van der Waals surface area contributed by atoms with Gasteiger partial charge in [0.2, 0.25) is 0 Å². The standard InChI is InChI=1S/C21H36O4S/c1-13-7-9-21-10-8-15(24-6)17(21)20(13,4)16(25-12-23-5)11-19(3,26)18(22)14(21)2/h13-17,26H,7-12H2,1-6H3/t13-,14+,15-,16?,17?,19-,20+,21?/m1/s1. The van der Waals surface area contributed by atoms with Crippen molar-refractivity contribution in [2.75, 3.05) is 21.0 Å². The number of ether oxygens (including phenoxy) is 3. The van der Waals surface area contributed by atoms with Crippen LogP contribution in [0.25, 0.3) is 0 Å². The minimum atomic E-state index is -0.681. The Balaban J connectivity index is 2.16. The van der Waals surface area contributed by atoms with Crippen LogP contribution in [0, 0.1) is 28.6 Å². The van der Waals surface area contributed by atoms with E-state index in [1.54, 1.807) is 7.11 Å². The third-order valence-corrected chi connectivity index (χ3v) is 8.82. The van der Waals surface area contributed by atoms with Gasteiger partial charge in [-0.3, -0.25) is 4.79 Å². The van der Waals surface area contributed by atoms with Crippen molar-refractivity contribution < 1.29 is 19.0 Å². The smallest absolute Gasteiger partial charge is 0.151 e. The van der Waals surface area contributed by atoms with Crippen molar-refractivity contribution in [1.29, 1.82) is 0 Å². The summed E-state index contributed by atoms with van der Waals surface area (Å²) in [6.07, 6.45) is 5.06. The summed E-state index contributed by atoms with van der Waals surface area (Å²) in [5.74, 6) is 1.10. The molecule has 0 N–H and O–H groups in total. The summed E-state index contributed by atoms with van der Waals surface area (Å²) in [4.78, 5) is 13.5. The van der Waals surface area contributed by atoms with E-state index in [9.17, 15) is 4.79 Å². The molecular formula is C21H36O4S. The Labute approximate surface area is 164 Å². The molecule has 0 aromatic heterocycles. The van der Waals surface area contributed by atoms with E-state index in [-0.39, 0.29) is 41.5 Å². The number of carbonyl (C=O) groups is 1. The molecule has 0 heterocycles. The Morgan fingerprint density at radius 2 is 1.81 bits per heavy atom. The van der Waals surface area contributed by atoms with Crippen molar-refractivity contribution >= 4 is 18.4 Å². The molecule has 4 nitrogen and oxygen atoms in total. The quantitative estimate of drug-likeness (QED) is 0.585. The van der Waals surface area contributed by atoms with Crippen LogP contribution < -0.4 is 0 Å². The molecule has 0 amide bonds. The molecule has 2 bridgehead atoms. The van der Waals surface area contributed by atoms with Crippen LogP contribution in [-0.4, -0.2) is 43.8 Å². The Morgan fingerprint density at radius 3 is 2.42 bits per heavy atom. The van der Waals surface area contributed by atoms with Gasteiger partial charge >= 0.3 is 0 Å². The van der Waals surface area contributed by atoms with Crippen LogP contribution in [0.4, 0.5) is 0 Å². The Bertz CT molecular complexity index is 550. The predicted molar refractivity (Wildman–Crippen MR) is 105 cm³/mol. The van der Waals surface area contributed by atoms with E-state index in [0.717, 1.165) is 25.7 Å². The minimum Gasteiger partial charge on any atom is -0.381 e. The maximum absolute atomic E-state index is 13.5. The summed E-state index contributed by atoms with van der Waals surface area (Å²) in [5, 5.41) is 0. The zero-order valence-electron chi connectivity index (χ0n) is 17.2. The molecule has 3 aliphatic rings. The summed E-state index contributed by atoms with van der Waals surface area (Å²) in [7, 11) is 3.48. The third kappa shape index (κ3) is 2.80. The second-order valence-corrected chi connectivity index (χ2v) is 10.4. The fourth-order valence-electron chi connectivity index (χ4n) is 6.78. The average Bonchev–Trinajstić information content (AvgIpc) is 3.00. The fourth-order valence-corrected chi connectivity index (χ4v) is 7.14. The van der Waals surface area contributed by atoms with E-state index in [0.29, 0.717) is 18.3 Å². The topological polar surface area (TPSA) is 44.8 Å². The molecule has 0 aromatic rings. The molecule has 3 unspecified atom stereocenters. The van der Waals surface area contributed by atoms with Gasteiger partial charge < -0.3 is 14.2 Å². The second-order valence-electron chi connectivity index (χ2n) is 9.46. The van der Waals surface area contributed by atoms with Crippen LogP contribution in [0.2, 0.25) is 0 Å². The first-order chi connectivity index (χ1) is 12.1. The molecule has 0 saturated heterocycles. The molecule has 26 heavy (non-hydrogen) atoms.